The molecule has 0 fully saturated rings. The molecule has 0 unspecified atom stereocenters. The van der Waals surface area contributed by atoms with Crippen LogP contribution in [-0.2, 0) is 0 Å². The number of nitrogens with zero attached hydrogens (tertiary/aromatic N) is 1. The Labute approximate surface area is 143 Å². The highest BCUT2D eigenvalue weighted by molar-refractivity contribution is 6.59. The second-order valence-electron chi connectivity index (χ2n) is 3.43. The van der Waals surface area contributed by atoms with E-state index in [1.54, 1.807) is 0 Å². The molecule has 98 valence electrons. The van der Waals surface area contributed by atoms with Gasteiger partial charge in [-0.15, -0.1) is 0 Å². The van der Waals surface area contributed by atoms with Crippen LogP contribution in [0.3, 0.4) is 0 Å². The van der Waals surface area contributed by atoms with Crippen LogP contribution in [0.15, 0.2) is 0 Å². The van der Waals surface area contributed by atoms with E-state index in [-0.39, 0.29) is 51.5 Å². The van der Waals surface area contributed by atoms with Crippen molar-refractivity contribution >= 4 is 92.0 Å². The lowest BCUT2D eigenvalue weighted by Gasteiger charge is -2.13. The molecule has 0 atom stereocenters. The second-order valence-corrected chi connectivity index (χ2v) is 6.08. The van der Waals surface area contributed by atoms with E-state index in [1.807, 2.05) is 6.07 Å². The third-order valence-corrected chi connectivity index (χ3v) is 5.48. The molecular weight excluding hydrogens is 394 g/mol. The van der Waals surface area contributed by atoms with Crippen LogP contribution in [0, 0.1) is 11.3 Å². The maximum atomic E-state index is 9.05. The van der Waals surface area contributed by atoms with Crippen molar-refractivity contribution in [3.63, 3.8) is 0 Å². The molecule has 0 radical (unpaired) electrons. The number of benzene rings is 2. The van der Waals surface area contributed by atoms with Crippen molar-refractivity contribution in [1.82, 2.24) is 0 Å². The summed E-state index contributed by atoms with van der Waals surface area (Å²) in [5.74, 6) is 0. The zero-order valence-corrected chi connectivity index (χ0v) is 13.9. The summed E-state index contributed by atoms with van der Waals surface area (Å²) < 4.78 is 0. The SMILES string of the molecule is N#Cc1c(Cl)c(Cl)c2c(Cl)c(Cl)c(Cl)c(Cl)c2c1Cl. The molecule has 0 heterocycles. The van der Waals surface area contributed by atoms with E-state index in [2.05, 4.69) is 0 Å². The van der Waals surface area contributed by atoms with Crippen molar-refractivity contribution < 1.29 is 0 Å². The van der Waals surface area contributed by atoms with Crippen LogP contribution in [0.25, 0.3) is 10.8 Å². The molecule has 0 N–H and O–H groups in total. The fourth-order valence-corrected chi connectivity index (χ4v) is 3.61. The monoisotopic (exact) mass is 391 g/mol. The highest BCUT2D eigenvalue weighted by atomic mass is 35.5. The molecule has 0 aliphatic rings. The first-order valence-corrected chi connectivity index (χ1v) is 7.19. The molecule has 0 spiro atoms. The van der Waals surface area contributed by atoms with Gasteiger partial charge in [0.05, 0.1) is 40.7 Å². The Morgan fingerprint density at radius 2 is 0.895 bits per heavy atom. The van der Waals surface area contributed by atoms with Gasteiger partial charge in [0.25, 0.3) is 0 Å². The van der Waals surface area contributed by atoms with Crippen LogP contribution in [0.5, 0.6) is 0 Å². The first kappa shape index (κ1) is 15.6. The summed E-state index contributed by atoms with van der Waals surface area (Å²) in [6, 6.07) is 1.85. The second kappa shape index (κ2) is 5.54. The van der Waals surface area contributed by atoms with Crippen LogP contribution in [0.4, 0.5) is 0 Å². The van der Waals surface area contributed by atoms with E-state index in [1.165, 1.54) is 0 Å². The highest BCUT2D eigenvalue weighted by Gasteiger charge is 2.24. The summed E-state index contributed by atoms with van der Waals surface area (Å²) in [4.78, 5) is 0. The van der Waals surface area contributed by atoms with Crippen molar-refractivity contribution in [3.05, 3.63) is 40.7 Å². The Bertz CT molecular complexity index is 761. The first-order valence-electron chi connectivity index (χ1n) is 4.55. The number of rotatable bonds is 0. The average Bonchev–Trinajstić information content (AvgIpc) is 2.38. The van der Waals surface area contributed by atoms with Crippen LogP contribution in [-0.4, -0.2) is 0 Å². The molecule has 2 aromatic rings. The fraction of sp³-hybridized carbons (Fsp3) is 0. The van der Waals surface area contributed by atoms with Crippen molar-refractivity contribution in [1.29, 1.82) is 5.26 Å². The average molecular weight is 394 g/mol. The van der Waals surface area contributed by atoms with Crippen molar-refractivity contribution in [3.8, 4) is 6.07 Å². The van der Waals surface area contributed by atoms with E-state index >= 15 is 0 Å². The number of hydrogen-bond donors (Lipinski definition) is 0. The molecule has 0 aromatic heterocycles. The Hall–Kier alpha value is 0.220. The standard InChI is InChI=1S/C11Cl7N/c12-5-2(1-19)6(13)7(14)4-3(5)8(15)10(17)11(18)9(4)16. The topological polar surface area (TPSA) is 23.8 Å². The Balaban J connectivity index is 3.24. The molecule has 8 heteroatoms. The van der Waals surface area contributed by atoms with Gasteiger partial charge in [0, 0.05) is 10.8 Å². The van der Waals surface area contributed by atoms with Gasteiger partial charge in [-0.3, -0.25) is 0 Å². The molecule has 0 saturated carbocycles. The van der Waals surface area contributed by atoms with Gasteiger partial charge in [0.2, 0.25) is 0 Å². The molecule has 1 nitrogen and oxygen atoms in total. The van der Waals surface area contributed by atoms with Gasteiger partial charge in [-0.2, -0.15) is 5.26 Å². The lowest BCUT2D eigenvalue weighted by molar-refractivity contribution is 1.49. The van der Waals surface area contributed by atoms with Gasteiger partial charge in [0.1, 0.15) is 6.07 Å². The summed E-state index contributed by atoms with van der Waals surface area (Å²) in [5, 5.41) is 9.82. The molecule has 0 amide bonds. The highest BCUT2D eigenvalue weighted by Crippen LogP contribution is 2.50. The largest absolute Gasteiger partial charge is 0.192 e. The molecule has 19 heavy (non-hydrogen) atoms. The van der Waals surface area contributed by atoms with Crippen LogP contribution >= 0.6 is 81.2 Å². The van der Waals surface area contributed by atoms with Gasteiger partial charge in [-0.05, 0) is 0 Å². The Morgan fingerprint density at radius 1 is 0.526 bits per heavy atom. The van der Waals surface area contributed by atoms with Gasteiger partial charge < -0.3 is 0 Å². The molecule has 0 aliphatic carbocycles. The van der Waals surface area contributed by atoms with Gasteiger partial charge in [-0.25, -0.2) is 0 Å². The zero-order chi connectivity index (χ0) is 14.5. The van der Waals surface area contributed by atoms with E-state index < -0.39 is 0 Å². The molecule has 2 aromatic carbocycles. The third kappa shape index (κ3) is 2.24. The van der Waals surface area contributed by atoms with Crippen LogP contribution in [0.2, 0.25) is 35.2 Å². The Morgan fingerprint density at radius 3 is 1.32 bits per heavy atom. The van der Waals surface area contributed by atoms with Crippen molar-refractivity contribution in [2.45, 2.75) is 0 Å². The first-order chi connectivity index (χ1) is 8.82. The molecular formula is C11Cl7N. The maximum absolute atomic E-state index is 9.05. The van der Waals surface area contributed by atoms with E-state index in [0.29, 0.717) is 0 Å². The molecule has 2 rings (SSSR count). The normalized spacial score (nSPS) is 10.8. The van der Waals surface area contributed by atoms with E-state index in [0.717, 1.165) is 0 Å². The summed E-state index contributed by atoms with van der Waals surface area (Å²) in [5.41, 5.74) is -0.00260. The van der Waals surface area contributed by atoms with Crippen LogP contribution < -0.4 is 0 Å². The van der Waals surface area contributed by atoms with Gasteiger partial charge >= 0.3 is 0 Å². The zero-order valence-electron chi connectivity index (χ0n) is 8.59. The van der Waals surface area contributed by atoms with Gasteiger partial charge in [-0.1, -0.05) is 81.2 Å². The van der Waals surface area contributed by atoms with Crippen LogP contribution in [0.1, 0.15) is 5.56 Å². The summed E-state index contributed by atoms with van der Waals surface area (Å²) in [6.45, 7) is 0. The summed E-state index contributed by atoms with van der Waals surface area (Å²) in [6.07, 6.45) is 0. The van der Waals surface area contributed by atoms with Crippen molar-refractivity contribution in [2.75, 3.05) is 0 Å². The quantitative estimate of drug-likeness (QED) is 0.340. The minimum Gasteiger partial charge on any atom is -0.192 e. The van der Waals surface area contributed by atoms with Crippen molar-refractivity contribution in [2.24, 2.45) is 0 Å². The minimum absolute atomic E-state index is 0.00260. The van der Waals surface area contributed by atoms with Gasteiger partial charge in [0.15, 0.2) is 0 Å². The maximum Gasteiger partial charge on any atom is 0.102 e. The third-order valence-electron chi connectivity index (χ3n) is 2.45. The fourth-order valence-electron chi connectivity index (χ4n) is 1.58. The minimum atomic E-state index is -0.0157. The number of nitriles is 1. The molecule has 0 bridgehead atoms. The smallest absolute Gasteiger partial charge is 0.102 e. The lowest BCUT2D eigenvalue weighted by Crippen LogP contribution is -1.90. The lowest BCUT2D eigenvalue weighted by atomic mass is 10.1. The number of hydrogen-bond acceptors (Lipinski definition) is 1. The number of halogens is 7. The molecule has 0 aliphatic heterocycles. The predicted octanol–water partition coefficient (Wildman–Crippen LogP) is 7.29. The van der Waals surface area contributed by atoms with E-state index in [4.69, 9.17) is 86.5 Å². The van der Waals surface area contributed by atoms with E-state index in [9.17, 15) is 0 Å². The predicted molar refractivity (Wildman–Crippen MR) is 83.7 cm³/mol. The summed E-state index contributed by atoms with van der Waals surface area (Å²) in [7, 11) is 0. The summed E-state index contributed by atoms with van der Waals surface area (Å²) >= 11 is 42.3. The number of fused-ring (bicyclic) bond motifs is 1. The Kier molecular flexibility index (Phi) is 4.55. The molecule has 0 saturated heterocycles.